The van der Waals surface area contributed by atoms with Gasteiger partial charge >= 0.3 is 5.69 Å². The fraction of sp³-hybridized carbons (Fsp3) is 0.450. The van der Waals surface area contributed by atoms with Crippen LogP contribution in [-0.2, 0) is 11.3 Å². The molecule has 2 aromatic rings. The van der Waals surface area contributed by atoms with E-state index in [1.807, 2.05) is 30.3 Å². The molecule has 1 fully saturated rings. The van der Waals surface area contributed by atoms with Crippen LogP contribution in [0.15, 0.2) is 39.9 Å². The Morgan fingerprint density at radius 2 is 1.86 bits per heavy atom. The largest absolute Gasteiger partial charge is 0.383 e. The van der Waals surface area contributed by atoms with E-state index in [1.165, 1.54) is 20.8 Å². The van der Waals surface area contributed by atoms with Gasteiger partial charge in [-0.15, -0.1) is 0 Å². The number of likely N-dealkylation sites (tertiary alicyclic amines) is 1. The summed E-state index contributed by atoms with van der Waals surface area (Å²) in [6, 6.07) is 9.37. The number of nitrogens with one attached hydrogen (secondary N) is 2. The molecule has 1 aromatic carbocycles. The van der Waals surface area contributed by atoms with Crippen LogP contribution in [0.5, 0.6) is 0 Å². The summed E-state index contributed by atoms with van der Waals surface area (Å²) in [5.74, 6) is -0.136. The lowest BCUT2D eigenvalue weighted by molar-refractivity contribution is -0.896. The topological polar surface area (TPSA) is 106 Å². The maximum atomic E-state index is 12.9. The molecule has 8 nitrogen and oxygen atoms in total. The molecule has 0 unspecified atom stereocenters. The van der Waals surface area contributed by atoms with Crippen molar-refractivity contribution < 1.29 is 9.69 Å². The molecule has 1 aliphatic rings. The lowest BCUT2D eigenvalue weighted by Crippen LogP contribution is -3.14. The van der Waals surface area contributed by atoms with E-state index >= 15 is 0 Å². The van der Waals surface area contributed by atoms with Gasteiger partial charge in [0.15, 0.2) is 12.2 Å². The number of aromatic amines is 1. The third-order valence-electron chi connectivity index (χ3n) is 5.25. The van der Waals surface area contributed by atoms with E-state index in [0.717, 1.165) is 31.5 Å². The third kappa shape index (κ3) is 4.33. The number of carbonyl (C=O) groups is 1. The summed E-state index contributed by atoms with van der Waals surface area (Å²) >= 11 is 0. The number of likely N-dealkylation sites (N-methyl/N-ethyl adjacent to an activating group) is 1. The van der Waals surface area contributed by atoms with E-state index in [9.17, 15) is 14.4 Å². The van der Waals surface area contributed by atoms with Crippen LogP contribution < -0.4 is 26.8 Å². The summed E-state index contributed by atoms with van der Waals surface area (Å²) in [5, 5.41) is 0. The Morgan fingerprint density at radius 1 is 1.18 bits per heavy atom. The smallest absolute Gasteiger partial charge is 0.330 e. The second-order valence-electron chi connectivity index (χ2n) is 7.19. The molecule has 0 spiro atoms. The summed E-state index contributed by atoms with van der Waals surface area (Å²) in [6.45, 7) is 4.58. The quantitative estimate of drug-likeness (QED) is 0.627. The van der Waals surface area contributed by atoms with Crippen molar-refractivity contribution in [1.29, 1.82) is 0 Å². The fourth-order valence-electron chi connectivity index (χ4n) is 3.76. The molecular formula is C20H28N5O3+. The van der Waals surface area contributed by atoms with E-state index in [2.05, 4.69) is 4.98 Å². The zero-order valence-corrected chi connectivity index (χ0v) is 16.2. The molecule has 1 saturated heterocycles. The second kappa shape index (κ2) is 8.88. The van der Waals surface area contributed by atoms with Crippen LogP contribution in [0.25, 0.3) is 0 Å². The normalized spacial score (nSPS) is 14.8. The van der Waals surface area contributed by atoms with E-state index in [1.54, 1.807) is 6.92 Å². The molecule has 150 valence electrons. The maximum absolute atomic E-state index is 12.9. The number of nitrogen functional groups attached to an aromatic ring is 1. The lowest BCUT2D eigenvalue weighted by Gasteiger charge is -2.27. The number of benzene rings is 1. The van der Waals surface area contributed by atoms with Gasteiger partial charge in [0.05, 0.1) is 19.6 Å². The number of hydrogen-bond donors (Lipinski definition) is 3. The van der Waals surface area contributed by atoms with Crippen LogP contribution in [-0.4, -0.2) is 41.6 Å². The number of anilines is 2. The Kier molecular flexibility index (Phi) is 6.30. The number of hydrogen-bond acceptors (Lipinski definition) is 4. The highest BCUT2D eigenvalue weighted by molar-refractivity contribution is 5.96. The van der Waals surface area contributed by atoms with Crippen molar-refractivity contribution >= 4 is 17.4 Å². The van der Waals surface area contributed by atoms with Crippen LogP contribution in [0, 0.1) is 0 Å². The number of rotatable bonds is 6. The van der Waals surface area contributed by atoms with E-state index in [-0.39, 0.29) is 24.0 Å². The van der Waals surface area contributed by atoms with Crippen molar-refractivity contribution in [3.05, 3.63) is 56.7 Å². The van der Waals surface area contributed by atoms with Crippen LogP contribution >= 0.6 is 0 Å². The SMILES string of the molecule is CCN(C(=O)C[NH+]1CCCCC1)c1c(N)n(Cc2ccccc2)c(=O)[nH]c1=O. The number of amides is 1. The highest BCUT2D eigenvalue weighted by Crippen LogP contribution is 2.17. The zero-order valence-electron chi connectivity index (χ0n) is 16.2. The third-order valence-corrected chi connectivity index (χ3v) is 5.25. The molecule has 1 aliphatic heterocycles. The van der Waals surface area contributed by atoms with Crippen molar-refractivity contribution in [2.75, 3.05) is 36.8 Å². The molecule has 8 heteroatoms. The van der Waals surface area contributed by atoms with Crippen molar-refractivity contribution in [3.8, 4) is 0 Å². The van der Waals surface area contributed by atoms with Gasteiger partial charge < -0.3 is 10.6 Å². The molecule has 0 aliphatic carbocycles. The van der Waals surface area contributed by atoms with Crippen molar-refractivity contribution in [1.82, 2.24) is 9.55 Å². The van der Waals surface area contributed by atoms with Crippen LogP contribution in [0.3, 0.4) is 0 Å². The summed E-state index contributed by atoms with van der Waals surface area (Å²) < 4.78 is 1.30. The Labute approximate surface area is 163 Å². The first-order valence-corrected chi connectivity index (χ1v) is 9.81. The Bertz CT molecular complexity index is 929. The van der Waals surface area contributed by atoms with Gasteiger partial charge in [-0.1, -0.05) is 30.3 Å². The average molecular weight is 386 g/mol. The van der Waals surface area contributed by atoms with E-state index < -0.39 is 11.2 Å². The summed E-state index contributed by atoms with van der Waals surface area (Å²) in [5.41, 5.74) is 5.94. The van der Waals surface area contributed by atoms with Gasteiger partial charge in [0.25, 0.3) is 11.5 Å². The molecule has 0 bridgehead atoms. The number of H-pyrrole nitrogens is 1. The fourth-order valence-corrected chi connectivity index (χ4v) is 3.76. The van der Waals surface area contributed by atoms with E-state index in [0.29, 0.717) is 13.1 Å². The van der Waals surface area contributed by atoms with E-state index in [4.69, 9.17) is 5.73 Å². The lowest BCUT2D eigenvalue weighted by atomic mass is 10.1. The number of carbonyl (C=O) groups excluding carboxylic acids is 1. The minimum atomic E-state index is -0.629. The number of piperidine rings is 1. The molecule has 4 N–H and O–H groups in total. The highest BCUT2D eigenvalue weighted by atomic mass is 16.2. The van der Waals surface area contributed by atoms with Gasteiger partial charge in [0.2, 0.25) is 0 Å². The number of quaternary nitrogens is 1. The predicted molar refractivity (Wildman–Crippen MR) is 109 cm³/mol. The van der Waals surface area contributed by atoms with Crippen molar-refractivity contribution in [2.24, 2.45) is 0 Å². The average Bonchev–Trinajstić information content (AvgIpc) is 2.69. The summed E-state index contributed by atoms with van der Waals surface area (Å²) in [4.78, 5) is 42.7. The van der Waals surface area contributed by atoms with Crippen LogP contribution in [0.1, 0.15) is 31.7 Å². The first-order chi connectivity index (χ1) is 13.5. The number of nitrogens with zero attached hydrogens (tertiary/aromatic N) is 2. The standard InChI is InChI=1S/C20H27N5O3/c1-2-24(16(26)14-23-11-7-4-8-12-23)17-18(21)25(20(28)22-19(17)27)13-15-9-5-3-6-10-15/h3,5-6,9-10H,2,4,7-8,11-14,21H2,1H3,(H,22,27,28)/p+1. The van der Waals surface area contributed by atoms with Crippen LogP contribution in [0.4, 0.5) is 11.5 Å². The molecule has 1 aromatic heterocycles. The number of aromatic nitrogens is 2. The molecule has 0 radical (unpaired) electrons. The Morgan fingerprint density at radius 3 is 2.50 bits per heavy atom. The first kappa shape index (κ1) is 19.9. The van der Waals surface area contributed by atoms with Gasteiger partial charge in [-0.2, -0.15) is 0 Å². The molecular weight excluding hydrogens is 358 g/mol. The molecule has 0 atom stereocenters. The zero-order chi connectivity index (χ0) is 20.1. The predicted octanol–water partition coefficient (Wildman–Crippen LogP) is -0.411. The minimum absolute atomic E-state index is 0.0152. The maximum Gasteiger partial charge on any atom is 0.330 e. The molecule has 3 rings (SSSR count). The van der Waals surface area contributed by atoms with Gasteiger partial charge in [0, 0.05) is 6.54 Å². The molecule has 28 heavy (non-hydrogen) atoms. The second-order valence-corrected chi connectivity index (χ2v) is 7.19. The van der Waals surface area contributed by atoms with Gasteiger partial charge in [-0.05, 0) is 31.7 Å². The van der Waals surface area contributed by atoms with Gasteiger partial charge in [-0.3, -0.25) is 24.0 Å². The van der Waals surface area contributed by atoms with Gasteiger partial charge in [-0.25, -0.2) is 4.79 Å². The molecule has 0 saturated carbocycles. The summed E-state index contributed by atoms with van der Waals surface area (Å²) in [7, 11) is 0. The molecule has 2 heterocycles. The molecule has 1 amide bonds. The monoisotopic (exact) mass is 386 g/mol. The van der Waals surface area contributed by atoms with Gasteiger partial charge in [0.1, 0.15) is 5.82 Å². The Hall–Kier alpha value is -2.87. The van der Waals surface area contributed by atoms with Crippen LogP contribution in [0.2, 0.25) is 0 Å². The first-order valence-electron chi connectivity index (χ1n) is 9.81. The van der Waals surface area contributed by atoms with Crippen molar-refractivity contribution in [2.45, 2.75) is 32.7 Å². The number of nitrogens with two attached hydrogens (primary N) is 1. The Balaban J connectivity index is 1.92. The highest BCUT2D eigenvalue weighted by Gasteiger charge is 2.26. The summed E-state index contributed by atoms with van der Waals surface area (Å²) in [6.07, 6.45) is 3.42. The van der Waals surface area contributed by atoms with Crippen molar-refractivity contribution in [3.63, 3.8) is 0 Å². The minimum Gasteiger partial charge on any atom is -0.383 e.